The third-order valence-electron chi connectivity index (χ3n) is 5.29. The van der Waals surface area contributed by atoms with Crippen molar-refractivity contribution in [2.75, 3.05) is 19.6 Å². The first-order valence-corrected chi connectivity index (χ1v) is 10.8. The zero-order chi connectivity index (χ0) is 19.2. The van der Waals surface area contributed by atoms with Gasteiger partial charge in [0.2, 0.25) is 0 Å². The van der Waals surface area contributed by atoms with Gasteiger partial charge >= 0.3 is 6.03 Å². The molecule has 0 aliphatic carbocycles. The molecular weight excluding hydrogens is 368 g/mol. The number of carbonyl (C=O) groups excluding carboxylic acids is 1. The van der Waals surface area contributed by atoms with E-state index in [0.29, 0.717) is 13.2 Å². The second-order valence-corrected chi connectivity index (χ2v) is 8.13. The number of carbonyl (C=O) groups is 1. The van der Waals surface area contributed by atoms with Crippen LogP contribution < -0.4 is 5.32 Å². The zero-order valence-corrected chi connectivity index (χ0v) is 16.8. The van der Waals surface area contributed by atoms with Crippen LogP contribution in [0.3, 0.4) is 0 Å². The minimum atomic E-state index is 0.0426. The van der Waals surface area contributed by atoms with E-state index in [0.717, 1.165) is 32.4 Å². The predicted octanol–water partition coefficient (Wildman–Crippen LogP) is 4.83. The highest BCUT2D eigenvalue weighted by Gasteiger charge is 2.23. The van der Waals surface area contributed by atoms with E-state index in [1.807, 2.05) is 23.1 Å². The molecule has 0 saturated carbocycles. The van der Waals surface area contributed by atoms with Crippen molar-refractivity contribution in [2.24, 2.45) is 0 Å². The SMILES string of the molecule is O=C(NCCc1csc2ccccc12)N1CCC(OCc2ccccc2)CC1. The van der Waals surface area contributed by atoms with Gasteiger partial charge in [-0.15, -0.1) is 11.3 Å². The molecule has 1 aliphatic rings. The van der Waals surface area contributed by atoms with Crippen LogP contribution in [0.4, 0.5) is 4.79 Å². The molecule has 146 valence electrons. The summed E-state index contributed by atoms with van der Waals surface area (Å²) in [6.45, 7) is 2.83. The molecule has 1 N–H and O–H groups in total. The van der Waals surface area contributed by atoms with E-state index in [1.165, 1.54) is 21.2 Å². The number of piperidine rings is 1. The summed E-state index contributed by atoms with van der Waals surface area (Å²) in [6.07, 6.45) is 2.90. The summed E-state index contributed by atoms with van der Waals surface area (Å²) in [4.78, 5) is 14.4. The Morgan fingerprint density at radius 3 is 2.64 bits per heavy atom. The van der Waals surface area contributed by atoms with Gasteiger partial charge in [-0.1, -0.05) is 48.5 Å². The lowest BCUT2D eigenvalue weighted by molar-refractivity contribution is 0.00449. The highest BCUT2D eigenvalue weighted by molar-refractivity contribution is 7.17. The number of nitrogens with zero attached hydrogens (tertiary/aromatic N) is 1. The van der Waals surface area contributed by atoms with E-state index in [1.54, 1.807) is 11.3 Å². The maximum atomic E-state index is 12.5. The Labute approximate surface area is 170 Å². The standard InChI is InChI=1S/C23H26N2O2S/c26-23(24-13-10-19-17-28-22-9-5-4-8-21(19)22)25-14-11-20(12-15-25)27-16-18-6-2-1-3-7-18/h1-9,17,20H,10-16H2,(H,24,26). The molecule has 28 heavy (non-hydrogen) atoms. The van der Waals surface area contributed by atoms with Crippen LogP contribution in [0.2, 0.25) is 0 Å². The Hall–Kier alpha value is -2.37. The topological polar surface area (TPSA) is 41.6 Å². The lowest BCUT2D eigenvalue weighted by atomic mass is 10.1. The van der Waals surface area contributed by atoms with Crippen LogP contribution in [0.1, 0.15) is 24.0 Å². The number of thiophene rings is 1. The van der Waals surface area contributed by atoms with Gasteiger partial charge in [-0.25, -0.2) is 4.79 Å². The first kappa shape index (κ1) is 19.0. The molecule has 5 heteroatoms. The summed E-state index contributed by atoms with van der Waals surface area (Å²) in [5.41, 5.74) is 2.51. The summed E-state index contributed by atoms with van der Waals surface area (Å²) in [7, 11) is 0. The van der Waals surface area contributed by atoms with E-state index in [-0.39, 0.29) is 12.1 Å². The predicted molar refractivity (Wildman–Crippen MR) is 115 cm³/mol. The number of hydrogen-bond donors (Lipinski definition) is 1. The molecule has 2 heterocycles. The van der Waals surface area contributed by atoms with Crippen LogP contribution in [-0.4, -0.2) is 36.7 Å². The first-order chi connectivity index (χ1) is 13.8. The maximum absolute atomic E-state index is 12.5. The largest absolute Gasteiger partial charge is 0.373 e. The molecule has 2 amide bonds. The first-order valence-electron chi connectivity index (χ1n) is 9.93. The highest BCUT2D eigenvalue weighted by atomic mass is 32.1. The third kappa shape index (κ3) is 4.72. The molecule has 1 aromatic heterocycles. The van der Waals surface area contributed by atoms with E-state index in [9.17, 15) is 4.79 Å². The summed E-state index contributed by atoms with van der Waals surface area (Å²) in [5.74, 6) is 0. The van der Waals surface area contributed by atoms with Gasteiger partial charge in [0.05, 0.1) is 12.7 Å². The molecule has 1 aliphatic heterocycles. The molecule has 1 fully saturated rings. The molecule has 0 unspecified atom stereocenters. The quantitative estimate of drug-likeness (QED) is 0.650. The average molecular weight is 395 g/mol. The van der Waals surface area contributed by atoms with Crippen LogP contribution in [-0.2, 0) is 17.8 Å². The van der Waals surface area contributed by atoms with Crippen molar-refractivity contribution < 1.29 is 9.53 Å². The Kier molecular flexibility index (Phi) is 6.24. The number of amides is 2. The van der Waals surface area contributed by atoms with Crippen molar-refractivity contribution in [1.82, 2.24) is 10.2 Å². The molecule has 4 nitrogen and oxygen atoms in total. The van der Waals surface area contributed by atoms with Gasteiger partial charge < -0.3 is 15.0 Å². The number of fused-ring (bicyclic) bond motifs is 1. The number of urea groups is 1. The van der Waals surface area contributed by atoms with E-state index >= 15 is 0 Å². The van der Waals surface area contributed by atoms with Gasteiger partial charge in [-0.2, -0.15) is 0 Å². The van der Waals surface area contributed by atoms with Crippen molar-refractivity contribution in [2.45, 2.75) is 32.0 Å². The second-order valence-electron chi connectivity index (χ2n) is 7.22. The number of benzene rings is 2. The van der Waals surface area contributed by atoms with Crippen molar-refractivity contribution in [3.8, 4) is 0 Å². The van der Waals surface area contributed by atoms with Crippen molar-refractivity contribution in [3.63, 3.8) is 0 Å². The minimum absolute atomic E-state index is 0.0426. The summed E-state index contributed by atoms with van der Waals surface area (Å²) in [6, 6.07) is 18.7. The third-order valence-corrected chi connectivity index (χ3v) is 6.30. The van der Waals surface area contributed by atoms with Crippen molar-refractivity contribution in [1.29, 1.82) is 0 Å². The second kappa shape index (κ2) is 9.22. The van der Waals surface area contributed by atoms with E-state index in [4.69, 9.17) is 4.74 Å². The smallest absolute Gasteiger partial charge is 0.317 e. The van der Waals surface area contributed by atoms with Crippen LogP contribution in [0, 0.1) is 0 Å². The zero-order valence-electron chi connectivity index (χ0n) is 16.0. The molecule has 0 bridgehead atoms. The number of rotatable bonds is 6. The monoisotopic (exact) mass is 394 g/mol. The molecule has 1 saturated heterocycles. The van der Waals surface area contributed by atoms with Gasteiger partial charge in [-0.3, -0.25) is 0 Å². The van der Waals surface area contributed by atoms with Gasteiger partial charge in [0.25, 0.3) is 0 Å². The number of nitrogens with one attached hydrogen (secondary N) is 1. The number of hydrogen-bond acceptors (Lipinski definition) is 3. The van der Waals surface area contributed by atoms with Crippen LogP contribution in [0.15, 0.2) is 60.0 Å². The minimum Gasteiger partial charge on any atom is -0.373 e. The van der Waals surface area contributed by atoms with Gasteiger partial charge in [0.15, 0.2) is 0 Å². The van der Waals surface area contributed by atoms with Crippen LogP contribution >= 0.6 is 11.3 Å². The summed E-state index contributed by atoms with van der Waals surface area (Å²) in [5, 5.41) is 6.58. The Morgan fingerprint density at radius 2 is 1.82 bits per heavy atom. The van der Waals surface area contributed by atoms with Gasteiger partial charge in [-0.05, 0) is 47.2 Å². The van der Waals surface area contributed by atoms with Crippen LogP contribution in [0.25, 0.3) is 10.1 Å². The highest BCUT2D eigenvalue weighted by Crippen LogP contribution is 2.25. The van der Waals surface area contributed by atoms with Gasteiger partial charge in [0.1, 0.15) is 0 Å². The number of ether oxygens (including phenoxy) is 1. The molecule has 2 aromatic carbocycles. The lowest BCUT2D eigenvalue weighted by Gasteiger charge is -2.32. The molecule has 0 radical (unpaired) electrons. The Morgan fingerprint density at radius 1 is 1.07 bits per heavy atom. The lowest BCUT2D eigenvalue weighted by Crippen LogP contribution is -2.46. The Balaban J connectivity index is 1.18. The molecule has 4 rings (SSSR count). The fourth-order valence-electron chi connectivity index (χ4n) is 3.66. The summed E-state index contributed by atoms with van der Waals surface area (Å²) >= 11 is 1.77. The average Bonchev–Trinajstić information content (AvgIpc) is 3.16. The maximum Gasteiger partial charge on any atom is 0.317 e. The van der Waals surface area contributed by atoms with Crippen molar-refractivity contribution >= 4 is 27.5 Å². The summed E-state index contributed by atoms with van der Waals surface area (Å²) < 4.78 is 7.32. The molecule has 0 spiro atoms. The Bertz CT molecular complexity index is 901. The molecular formula is C23H26N2O2S. The number of likely N-dealkylation sites (tertiary alicyclic amines) is 1. The molecule has 0 atom stereocenters. The van der Waals surface area contributed by atoms with Gasteiger partial charge in [0, 0.05) is 24.3 Å². The fourth-order valence-corrected chi connectivity index (χ4v) is 4.65. The fraction of sp³-hybridized carbons (Fsp3) is 0.348. The normalized spacial score (nSPS) is 15.1. The van der Waals surface area contributed by atoms with Crippen molar-refractivity contribution in [3.05, 3.63) is 71.1 Å². The van der Waals surface area contributed by atoms with Crippen LogP contribution in [0.5, 0.6) is 0 Å². The van der Waals surface area contributed by atoms with E-state index < -0.39 is 0 Å². The molecule has 3 aromatic rings. The van der Waals surface area contributed by atoms with E-state index in [2.05, 4.69) is 47.1 Å².